The number of phenolic OH excluding ortho intramolecular Hbond substituents is 1. The Morgan fingerprint density at radius 3 is 2.72 bits per heavy atom. The summed E-state index contributed by atoms with van der Waals surface area (Å²) in [6, 6.07) is 16.2. The van der Waals surface area contributed by atoms with E-state index in [0.717, 1.165) is 17.1 Å². The van der Waals surface area contributed by atoms with Gasteiger partial charge in [-0.2, -0.15) is 0 Å². The van der Waals surface area contributed by atoms with Crippen molar-refractivity contribution in [2.45, 2.75) is 21.5 Å². The third-order valence-electron chi connectivity index (χ3n) is 3.00. The first-order valence-corrected chi connectivity index (χ1v) is 7.85. The van der Waals surface area contributed by atoms with Crippen molar-refractivity contribution in [3.63, 3.8) is 0 Å². The van der Waals surface area contributed by atoms with Crippen molar-refractivity contribution < 1.29 is 5.11 Å². The summed E-state index contributed by atoms with van der Waals surface area (Å²) in [5, 5.41) is 10.3. The van der Waals surface area contributed by atoms with Crippen molar-refractivity contribution in [2.24, 2.45) is 0 Å². The van der Waals surface area contributed by atoms with Gasteiger partial charge in [-0.3, -0.25) is 0 Å². The minimum absolute atomic E-state index is 0.392. The topological polar surface area (TPSA) is 20.2 Å². The van der Waals surface area contributed by atoms with Crippen molar-refractivity contribution in [1.82, 2.24) is 0 Å². The summed E-state index contributed by atoms with van der Waals surface area (Å²) >= 11 is 3.70. The van der Waals surface area contributed by atoms with Gasteiger partial charge in [0.15, 0.2) is 0 Å². The number of benzene rings is 2. The van der Waals surface area contributed by atoms with Crippen LogP contribution in [0.1, 0.15) is 5.56 Å². The van der Waals surface area contributed by atoms with E-state index in [0.29, 0.717) is 11.0 Å². The van der Waals surface area contributed by atoms with Crippen molar-refractivity contribution >= 4 is 23.5 Å². The number of para-hydroxylation sites is 1. The number of rotatable bonds is 3. The smallest absolute Gasteiger partial charge is 0.129 e. The maximum atomic E-state index is 9.73. The van der Waals surface area contributed by atoms with Gasteiger partial charge in [0.2, 0.25) is 0 Å². The van der Waals surface area contributed by atoms with E-state index < -0.39 is 0 Å². The largest absolute Gasteiger partial charge is 0.507 e. The summed E-state index contributed by atoms with van der Waals surface area (Å²) in [4.78, 5) is 2.40. The number of phenols is 1. The molecule has 1 N–H and O–H groups in total. The highest BCUT2D eigenvalue weighted by Crippen LogP contribution is 2.40. The Morgan fingerprint density at radius 2 is 1.89 bits per heavy atom. The normalized spacial score (nSPS) is 17.7. The summed E-state index contributed by atoms with van der Waals surface area (Å²) in [5.41, 5.74) is 1.46. The minimum Gasteiger partial charge on any atom is -0.507 e. The van der Waals surface area contributed by atoms with Gasteiger partial charge in [-0.25, -0.2) is 0 Å². The fourth-order valence-corrected chi connectivity index (χ4v) is 4.54. The molecule has 1 unspecified atom stereocenters. The van der Waals surface area contributed by atoms with Crippen molar-refractivity contribution in [1.29, 1.82) is 0 Å². The summed E-state index contributed by atoms with van der Waals surface area (Å²) in [6.45, 7) is 0. The van der Waals surface area contributed by atoms with E-state index in [1.54, 1.807) is 17.8 Å². The van der Waals surface area contributed by atoms with Crippen molar-refractivity contribution in [3.8, 4) is 5.75 Å². The Balaban J connectivity index is 1.62. The molecule has 0 saturated heterocycles. The maximum absolute atomic E-state index is 9.73. The van der Waals surface area contributed by atoms with Crippen LogP contribution in [0.15, 0.2) is 58.3 Å². The Labute approximate surface area is 116 Å². The zero-order chi connectivity index (χ0) is 12.4. The molecule has 1 nitrogen and oxygen atoms in total. The van der Waals surface area contributed by atoms with Crippen LogP contribution >= 0.6 is 23.5 Å². The molecule has 0 aliphatic carbocycles. The van der Waals surface area contributed by atoms with Gasteiger partial charge in [0.1, 0.15) is 5.75 Å². The second kappa shape index (κ2) is 5.29. The Bertz CT molecular complexity index is 529. The SMILES string of the molecule is Oc1ccccc1SCC1Cc2ccccc2S1. The Kier molecular flexibility index (Phi) is 3.52. The molecule has 0 saturated carbocycles. The zero-order valence-corrected chi connectivity index (χ0v) is 11.5. The van der Waals surface area contributed by atoms with Crippen LogP contribution in [0.3, 0.4) is 0 Å². The first-order valence-electron chi connectivity index (χ1n) is 5.98. The first-order chi connectivity index (χ1) is 8.83. The highest BCUT2D eigenvalue weighted by Gasteiger charge is 2.21. The first kappa shape index (κ1) is 12.0. The molecule has 1 aliphatic heterocycles. The third-order valence-corrected chi connectivity index (χ3v) is 5.76. The van der Waals surface area contributed by atoms with E-state index in [1.165, 1.54) is 10.5 Å². The average Bonchev–Trinajstić information content (AvgIpc) is 2.80. The van der Waals surface area contributed by atoms with Crippen LogP contribution in [0.5, 0.6) is 5.75 Å². The van der Waals surface area contributed by atoms with Crippen LogP contribution in [0.2, 0.25) is 0 Å². The standard InChI is InChI=1S/C15H14OS2/c16-13-6-2-4-8-15(13)17-10-12-9-11-5-1-3-7-14(11)18-12/h1-8,12,16H,9-10H2. The molecular formula is C15H14OS2. The minimum atomic E-state index is 0.392. The number of hydrogen-bond acceptors (Lipinski definition) is 3. The molecule has 0 aromatic heterocycles. The molecule has 2 aromatic rings. The van der Waals surface area contributed by atoms with Crippen LogP contribution in [0.4, 0.5) is 0 Å². The second-order valence-electron chi connectivity index (χ2n) is 4.33. The quantitative estimate of drug-likeness (QED) is 0.847. The predicted octanol–water partition coefficient (Wildman–Crippen LogP) is 4.20. The average molecular weight is 274 g/mol. The molecule has 1 heterocycles. The van der Waals surface area contributed by atoms with Crippen LogP contribution in [-0.2, 0) is 6.42 Å². The number of thioether (sulfide) groups is 2. The summed E-state index contributed by atoms with van der Waals surface area (Å²) in [5.74, 6) is 1.43. The number of aromatic hydroxyl groups is 1. The molecule has 3 heteroatoms. The van der Waals surface area contributed by atoms with Gasteiger partial charge in [-0.05, 0) is 30.2 Å². The summed E-state index contributed by atoms with van der Waals surface area (Å²) in [7, 11) is 0. The van der Waals surface area contributed by atoms with Crippen LogP contribution in [0.25, 0.3) is 0 Å². The Hall–Kier alpha value is -1.06. The van der Waals surface area contributed by atoms with E-state index in [1.807, 2.05) is 30.0 Å². The summed E-state index contributed by atoms with van der Waals surface area (Å²) < 4.78 is 0. The summed E-state index contributed by atoms with van der Waals surface area (Å²) in [6.07, 6.45) is 1.14. The van der Waals surface area contributed by atoms with E-state index in [9.17, 15) is 5.11 Å². The predicted molar refractivity (Wildman–Crippen MR) is 78.6 cm³/mol. The molecule has 0 radical (unpaired) electrons. The lowest BCUT2D eigenvalue weighted by atomic mass is 10.1. The molecule has 0 amide bonds. The van der Waals surface area contributed by atoms with Gasteiger partial charge in [0, 0.05) is 20.8 Å². The van der Waals surface area contributed by atoms with Gasteiger partial charge in [-0.1, -0.05) is 30.3 Å². The molecule has 92 valence electrons. The molecule has 2 aromatic carbocycles. The van der Waals surface area contributed by atoms with Gasteiger partial charge in [0.25, 0.3) is 0 Å². The second-order valence-corrected chi connectivity index (χ2v) is 6.73. The lowest BCUT2D eigenvalue weighted by Gasteiger charge is -2.08. The third kappa shape index (κ3) is 2.52. The molecule has 0 bridgehead atoms. The number of fused-ring (bicyclic) bond motifs is 1. The molecular weight excluding hydrogens is 260 g/mol. The van der Waals surface area contributed by atoms with E-state index >= 15 is 0 Å². The highest BCUT2D eigenvalue weighted by atomic mass is 32.2. The lowest BCUT2D eigenvalue weighted by Crippen LogP contribution is -2.03. The monoisotopic (exact) mass is 274 g/mol. The Morgan fingerprint density at radius 1 is 1.11 bits per heavy atom. The van der Waals surface area contributed by atoms with Crippen LogP contribution in [0, 0.1) is 0 Å². The van der Waals surface area contributed by atoms with E-state index in [-0.39, 0.29) is 0 Å². The van der Waals surface area contributed by atoms with Gasteiger partial charge < -0.3 is 5.11 Å². The van der Waals surface area contributed by atoms with Crippen LogP contribution < -0.4 is 0 Å². The van der Waals surface area contributed by atoms with Crippen LogP contribution in [-0.4, -0.2) is 16.1 Å². The van der Waals surface area contributed by atoms with Gasteiger partial charge in [-0.15, -0.1) is 23.5 Å². The zero-order valence-electron chi connectivity index (χ0n) is 9.87. The highest BCUT2D eigenvalue weighted by molar-refractivity contribution is 8.03. The fraction of sp³-hybridized carbons (Fsp3) is 0.200. The van der Waals surface area contributed by atoms with Crippen molar-refractivity contribution in [3.05, 3.63) is 54.1 Å². The lowest BCUT2D eigenvalue weighted by molar-refractivity contribution is 0.462. The molecule has 0 spiro atoms. The van der Waals surface area contributed by atoms with Gasteiger partial charge >= 0.3 is 0 Å². The van der Waals surface area contributed by atoms with E-state index in [4.69, 9.17) is 0 Å². The molecule has 1 atom stereocenters. The molecule has 0 fully saturated rings. The van der Waals surface area contributed by atoms with Crippen molar-refractivity contribution in [2.75, 3.05) is 5.75 Å². The van der Waals surface area contributed by atoms with Gasteiger partial charge in [0.05, 0.1) is 0 Å². The van der Waals surface area contributed by atoms with E-state index in [2.05, 4.69) is 24.3 Å². The molecule has 1 aliphatic rings. The fourth-order valence-electron chi connectivity index (χ4n) is 2.11. The number of hydrogen-bond donors (Lipinski definition) is 1. The molecule has 3 rings (SSSR count). The molecule has 18 heavy (non-hydrogen) atoms. The maximum Gasteiger partial charge on any atom is 0.129 e.